The van der Waals surface area contributed by atoms with Gasteiger partial charge >= 0.3 is 0 Å². The second kappa shape index (κ2) is 6.90. The van der Waals surface area contributed by atoms with Gasteiger partial charge in [-0.1, -0.05) is 27.5 Å². The molecule has 1 aliphatic rings. The van der Waals surface area contributed by atoms with E-state index in [9.17, 15) is 0 Å². The number of hydrogen-bond acceptors (Lipinski definition) is 2. The molecule has 1 N–H and O–H groups in total. The van der Waals surface area contributed by atoms with Gasteiger partial charge in [0.15, 0.2) is 0 Å². The Bertz CT molecular complexity index is 395. The lowest BCUT2D eigenvalue weighted by Gasteiger charge is -2.32. The highest BCUT2D eigenvalue weighted by Gasteiger charge is 2.19. The van der Waals surface area contributed by atoms with E-state index in [1.165, 1.54) is 31.5 Å². The molecule has 0 aliphatic carbocycles. The van der Waals surface area contributed by atoms with Gasteiger partial charge in [-0.25, -0.2) is 0 Å². The molecular weight excluding hydrogens is 312 g/mol. The molecule has 1 heterocycles. The van der Waals surface area contributed by atoms with Crippen LogP contribution in [0.2, 0.25) is 5.02 Å². The van der Waals surface area contributed by atoms with Gasteiger partial charge in [0.1, 0.15) is 0 Å². The third-order valence-electron chi connectivity index (χ3n) is 3.50. The smallest absolute Gasteiger partial charge is 0.0451 e. The van der Waals surface area contributed by atoms with E-state index in [0.717, 1.165) is 28.5 Å². The van der Waals surface area contributed by atoms with Crippen LogP contribution >= 0.6 is 27.5 Å². The maximum atomic E-state index is 6.25. The number of halogens is 2. The quantitative estimate of drug-likeness (QED) is 0.908. The predicted molar refractivity (Wildman–Crippen MR) is 81.1 cm³/mol. The zero-order chi connectivity index (χ0) is 13.0. The Labute approximate surface area is 123 Å². The molecule has 1 aliphatic heterocycles. The molecule has 100 valence electrons. The van der Waals surface area contributed by atoms with Gasteiger partial charge in [-0.15, -0.1) is 0 Å². The van der Waals surface area contributed by atoms with E-state index in [1.807, 2.05) is 19.2 Å². The fourth-order valence-corrected chi connectivity index (χ4v) is 3.24. The van der Waals surface area contributed by atoms with Crippen LogP contribution in [0.25, 0.3) is 0 Å². The van der Waals surface area contributed by atoms with Crippen molar-refractivity contribution in [3.8, 4) is 0 Å². The molecule has 1 aromatic carbocycles. The van der Waals surface area contributed by atoms with Crippen molar-refractivity contribution < 1.29 is 0 Å². The highest BCUT2D eigenvalue weighted by atomic mass is 79.9. The third kappa shape index (κ3) is 3.95. The van der Waals surface area contributed by atoms with Crippen molar-refractivity contribution >= 4 is 27.5 Å². The fraction of sp³-hybridized carbons (Fsp3) is 0.571. The molecule has 0 radical (unpaired) electrons. The van der Waals surface area contributed by atoms with Crippen molar-refractivity contribution in [2.75, 3.05) is 26.7 Å². The van der Waals surface area contributed by atoms with E-state index in [0.29, 0.717) is 0 Å². The highest BCUT2D eigenvalue weighted by molar-refractivity contribution is 9.10. The predicted octanol–water partition coefficient (Wildman–Crippen LogP) is 3.53. The number of benzene rings is 1. The summed E-state index contributed by atoms with van der Waals surface area (Å²) in [5, 5.41) is 4.15. The summed E-state index contributed by atoms with van der Waals surface area (Å²) in [6.45, 7) is 4.42. The zero-order valence-corrected chi connectivity index (χ0v) is 13.1. The molecule has 2 nitrogen and oxygen atoms in total. The van der Waals surface area contributed by atoms with Crippen molar-refractivity contribution in [2.45, 2.75) is 19.4 Å². The van der Waals surface area contributed by atoms with Gasteiger partial charge in [0.05, 0.1) is 0 Å². The number of rotatable bonds is 4. The molecule has 0 amide bonds. The van der Waals surface area contributed by atoms with E-state index >= 15 is 0 Å². The molecule has 0 bridgehead atoms. The van der Waals surface area contributed by atoms with Gasteiger partial charge < -0.3 is 5.32 Å². The summed E-state index contributed by atoms with van der Waals surface area (Å²) in [6, 6.07) is 6.09. The van der Waals surface area contributed by atoms with Crippen LogP contribution in [0.15, 0.2) is 22.7 Å². The molecule has 1 aromatic rings. The van der Waals surface area contributed by atoms with Gasteiger partial charge in [-0.3, -0.25) is 4.90 Å². The summed E-state index contributed by atoms with van der Waals surface area (Å²) in [7, 11) is 2.03. The first-order chi connectivity index (χ1) is 8.69. The Morgan fingerprint density at radius 3 is 3.11 bits per heavy atom. The summed E-state index contributed by atoms with van der Waals surface area (Å²) in [6.07, 6.45) is 2.63. The van der Waals surface area contributed by atoms with Crippen LogP contribution in [0.1, 0.15) is 18.4 Å². The van der Waals surface area contributed by atoms with Gasteiger partial charge in [0.2, 0.25) is 0 Å². The number of nitrogens with one attached hydrogen (secondary N) is 1. The summed E-state index contributed by atoms with van der Waals surface area (Å²) >= 11 is 9.76. The maximum absolute atomic E-state index is 6.25. The number of piperidine rings is 1. The molecule has 0 saturated carbocycles. The first-order valence-electron chi connectivity index (χ1n) is 6.50. The monoisotopic (exact) mass is 330 g/mol. The average Bonchev–Trinajstić information content (AvgIpc) is 2.35. The normalized spacial score (nSPS) is 21.2. The largest absolute Gasteiger partial charge is 0.319 e. The third-order valence-corrected chi connectivity index (χ3v) is 4.36. The van der Waals surface area contributed by atoms with Gasteiger partial charge in [0, 0.05) is 22.6 Å². The molecule has 18 heavy (non-hydrogen) atoms. The molecule has 2 rings (SSSR count). The minimum atomic E-state index is 0.773. The Kier molecular flexibility index (Phi) is 5.49. The van der Waals surface area contributed by atoms with E-state index < -0.39 is 0 Å². The van der Waals surface area contributed by atoms with Crippen LogP contribution < -0.4 is 5.32 Å². The zero-order valence-electron chi connectivity index (χ0n) is 10.8. The van der Waals surface area contributed by atoms with E-state index in [4.69, 9.17) is 11.6 Å². The second-order valence-electron chi connectivity index (χ2n) is 5.04. The fourth-order valence-electron chi connectivity index (χ4n) is 2.66. The molecule has 4 heteroatoms. The Morgan fingerprint density at radius 2 is 2.33 bits per heavy atom. The second-order valence-corrected chi connectivity index (χ2v) is 6.36. The minimum Gasteiger partial charge on any atom is -0.319 e. The first-order valence-corrected chi connectivity index (χ1v) is 7.67. The van der Waals surface area contributed by atoms with E-state index in [2.05, 4.69) is 32.2 Å². The molecule has 0 aromatic heterocycles. The van der Waals surface area contributed by atoms with Crippen LogP contribution in [-0.2, 0) is 6.54 Å². The van der Waals surface area contributed by atoms with Crippen molar-refractivity contribution in [1.82, 2.24) is 10.2 Å². The SMILES string of the molecule is CNCC1CCCN(Cc2cc(Br)ccc2Cl)C1. The number of hydrogen-bond donors (Lipinski definition) is 1. The Morgan fingerprint density at radius 1 is 1.50 bits per heavy atom. The lowest BCUT2D eigenvalue weighted by Crippen LogP contribution is -2.38. The Balaban J connectivity index is 1.98. The molecule has 1 fully saturated rings. The summed E-state index contributed by atoms with van der Waals surface area (Å²) in [4.78, 5) is 2.51. The van der Waals surface area contributed by atoms with E-state index in [-0.39, 0.29) is 0 Å². The van der Waals surface area contributed by atoms with Crippen molar-refractivity contribution in [3.05, 3.63) is 33.3 Å². The van der Waals surface area contributed by atoms with Crippen LogP contribution in [0.3, 0.4) is 0 Å². The lowest BCUT2D eigenvalue weighted by molar-refractivity contribution is 0.167. The topological polar surface area (TPSA) is 15.3 Å². The molecule has 1 saturated heterocycles. The van der Waals surface area contributed by atoms with Gasteiger partial charge in [-0.2, -0.15) is 0 Å². The number of likely N-dealkylation sites (tertiary alicyclic amines) is 1. The van der Waals surface area contributed by atoms with Gasteiger partial charge in [0.25, 0.3) is 0 Å². The summed E-state index contributed by atoms with van der Waals surface area (Å²) in [5.41, 5.74) is 1.22. The van der Waals surface area contributed by atoms with Crippen LogP contribution in [-0.4, -0.2) is 31.6 Å². The number of nitrogens with zero attached hydrogens (tertiary/aromatic N) is 1. The molecule has 1 unspecified atom stereocenters. The molecular formula is C14H20BrClN2. The van der Waals surface area contributed by atoms with Crippen molar-refractivity contribution in [2.24, 2.45) is 5.92 Å². The molecule has 1 atom stereocenters. The average molecular weight is 332 g/mol. The highest BCUT2D eigenvalue weighted by Crippen LogP contribution is 2.24. The van der Waals surface area contributed by atoms with E-state index in [1.54, 1.807) is 0 Å². The first kappa shape index (κ1) is 14.3. The summed E-state index contributed by atoms with van der Waals surface area (Å²) in [5.74, 6) is 0.773. The maximum Gasteiger partial charge on any atom is 0.0451 e. The summed E-state index contributed by atoms with van der Waals surface area (Å²) < 4.78 is 1.10. The van der Waals surface area contributed by atoms with Crippen molar-refractivity contribution in [3.63, 3.8) is 0 Å². The van der Waals surface area contributed by atoms with Crippen molar-refractivity contribution in [1.29, 1.82) is 0 Å². The standard InChI is InChI=1S/C14H20BrClN2/c1-17-8-11-3-2-6-18(9-11)10-12-7-13(15)4-5-14(12)16/h4-5,7,11,17H,2-3,6,8-10H2,1H3. The lowest BCUT2D eigenvalue weighted by atomic mass is 9.97. The minimum absolute atomic E-state index is 0.773. The van der Waals surface area contributed by atoms with Crippen LogP contribution in [0, 0.1) is 5.92 Å². The van der Waals surface area contributed by atoms with Crippen LogP contribution in [0.4, 0.5) is 0 Å². The Hall–Kier alpha value is -0.0900. The van der Waals surface area contributed by atoms with Gasteiger partial charge in [-0.05, 0) is 62.7 Å². The van der Waals surface area contributed by atoms with Crippen LogP contribution in [0.5, 0.6) is 0 Å². The molecule has 0 spiro atoms.